The average molecular weight is 484 g/mol. The molecule has 5 aromatic rings. The average Bonchev–Trinajstić information content (AvgIpc) is 3.25. The lowest BCUT2D eigenvalue weighted by atomic mass is 10.0. The monoisotopic (exact) mass is 483 g/mol. The van der Waals surface area contributed by atoms with E-state index in [1.54, 1.807) is 47.7 Å². The molecule has 1 amide bonds. The van der Waals surface area contributed by atoms with Gasteiger partial charge in [0, 0.05) is 49.0 Å². The summed E-state index contributed by atoms with van der Waals surface area (Å²) in [6.45, 7) is 0.857. The molecule has 4 heterocycles. The normalized spacial score (nSPS) is 11.0. The Labute approximate surface area is 206 Å². The molecule has 0 spiro atoms. The number of carbonyl (C=O) groups excluding carboxylic acids is 1. The molecule has 0 saturated heterocycles. The van der Waals surface area contributed by atoms with Crippen LogP contribution in [0.5, 0.6) is 0 Å². The quantitative estimate of drug-likeness (QED) is 0.360. The Morgan fingerprint density at radius 2 is 1.80 bits per heavy atom. The Morgan fingerprint density at radius 3 is 2.63 bits per heavy atom. The summed E-state index contributed by atoms with van der Waals surface area (Å²) in [5.74, 6) is -0.205. The summed E-state index contributed by atoms with van der Waals surface area (Å²) < 4.78 is 1.67. The van der Waals surface area contributed by atoms with Crippen LogP contribution in [-0.2, 0) is 19.5 Å². The summed E-state index contributed by atoms with van der Waals surface area (Å²) in [6, 6.07) is 17.0. The fourth-order valence-corrected chi connectivity index (χ4v) is 4.09. The topological polar surface area (TPSA) is 92.7 Å². The molecule has 1 aromatic carbocycles. The van der Waals surface area contributed by atoms with Crippen LogP contribution in [0.25, 0.3) is 11.0 Å². The van der Waals surface area contributed by atoms with Gasteiger partial charge in [-0.05, 0) is 46.9 Å². The first-order chi connectivity index (χ1) is 17.0. The SMILES string of the molecule is O=C(NCc1cnc2[nH]cc(Cl)c2c1)c1cncc(Cc2ccc(Cn3ccccc3=O)cc2)c1. The number of H-pyrrole nitrogens is 1. The van der Waals surface area contributed by atoms with Crippen molar-refractivity contribution in [3.63, 3.8) is 0 Å². The van der Waals surface area contributed by atoms with Crippen molar-refractivity contribution in [2.24, 2.45) is 0 Å². The Balaban J connectivity index is 1.22. The Hall–Kier alpha value is -4.23. The molecule has 8 heteroatoms. The van der Waals surface area contributed by atoms with Crippen molar-refractivity contribution in [2.45, 2.75) is 19.5 Å². The smallest absolute Gasteiger partial charge is 0.253 e. The molecule has 5 rings (SSSR count). The first-order valence-electron chi connectivity index (χ1n) is 11.1. The van der Waals surface area contributed by atoms with E-state index < -0.39 is 0 Å². The maximum atomic E-state index is 12.7. The van der Waals surface area contributed by atoms with Crippen LogP contribution in [0.15, 0.2) is 90.4 Å². The van der Waals surface area contributed by atoms with Crippen LogP contribution in [0.2, 0.25) is 5.02 Å². The Bertz CT molecular complexity index is 1560. The molecule has 7 nitrogen and oxygen atoms in total. The van der Waals surface area contributed by atoms with Crippen LogP contribution in [0.1, 0.15) is 32.6 Å². The van der Waals surface area contributed by atoms with E-state index in [0.717, 1.165) is 27.6 Å². The largest absolute Gasteiger partial charge is 0.348 e. The van der Waals surface area contributed by atoms with Crippen LogP contribution in [0.3, 0.4) is 0 Å². The number of amides is 1. The van der Waals surface area contributed by atoms with E-state index in [1.807, 2.05) is 42.5 Å². The maximum Gasteiger partial charge on any atom is 0.253 e. The minimum absolute atomic E-state index is 0.0252. The van der Waals surface area contributed by atoms with E-state index in [4.69, 9.17) is 11.6 Å². The highest BCUT2D eigenvalue weighted by Crippen LogP contribution is 2.22. The summed E-state index contributed by atoms with van der Waals surface area (Å²) in [6.07, 6.45) is 9.15. The summed E-state index contributed by atoms with van der Waals surface area (Å²) in [4.78, 5) is 36.2. The predicted octanol–water partition coefficient (Wildman–Crippen LogP) is 4.34. The summed E-state index contributed by atoms with van der Waals surface area (Å²) in [5.41, 5.74) is 5.11. The molecule has 35 heavy (non-hydrogen) atoms. The lowest BCUT2D eigenvalue weighted by Crippen LogP contribution is -2.23. The van der Waals surface area contributed by atoms with E-state index >= 15 is 0 Å². The van der Waals surface area contributed by atoms with E-state index in [1.165, 1.54) is 0 Å². The molecule has 0 radical (unpaired) electrons. The molecule has 0 bridgehead atoms. The number of benzene rings is 1. The van der Waals surface area contributed by atoms with Gasteiger partial charge in [-0.25, -0.2) is 4.98 Å². The van der Waals surface area contributed by atoms with Crippen molar-refractivity contribution in [3.8, 4) is 0 Å². The lowest BCUT2D eigenvalue weighted by molar-refractivity contribution is 0.0950. The minimum Gasteiger partial charge on any atom is -0.348 e. The van der Waals surface area contributed by atoms with Gasteiger partial charge >= 0.3 is 0 Å². The molecule has 0 aliphatic heterocycles. The van der Waals surface area contributed by atoms with Gasteiger partial charge in [0.05, 0.1) is 17.1 Å². The van der Waals surface area contributed by atoms with Crippen LogP contribution < -0.4 is 10.9 Å². The molecule has 2 N–H and O–H groups in total. The van der Waals surface area contributed by atoms with Crippen molar-refractivity contribution >= 4 is 28.5 Å². The Kier molecular flexibility index (Phi) is 6.41. The lowest BCUT2D eigenvalue weighted by Gasteiger charge is -2.08. The molecule has 0 fully saturated rings. The number of fused-ring (bicyclic) bond motifs is 1. The second kappa shape index (κ2) is 9.95. The van der Waals surface area contributed by atoms with Crippen molar-refractivity contribution < 1.29 is 4.79 Å². The second-order valence-electron chi connectivity index (χ2n) is 8.30. The van der Waals surface area contributed by atoms with E-state index in [0.29, 0.717) is 35.7 Å². The van der Waals surface area contributed by atoms with E-state index in [9.17, 15) is 9.59 Å². The number of carbonyl (C=O) groups is 1. The van der Waals surface area contributed by atoms with Crippen LogP contribution in [0, 0.1) is 0 Å². The molecule has 0 aliphatic carbocycles. The van der Waals surface area contributed by atoms with Gasteiger partial charge in [0.25, 0.3) is 11.5 Å². The number of hydrogen-bond donors (Lipinski definition) is 2. The molecule has 4 aromatic heterocycles. The highest BCUT2D eigenvalue weighted by Gasteiger charge is 2.09. The molecular formula is C27H22ClN5O2. The van der Waals surface area contributed by atoms with E-state index in [2.05, 4.69) is 20.3 Å². The summed E-state index contributed by atoms with van der Waals surface area (Å²) in [5, 5.41) is 4.34. The minimum atomic E-state index is -0.205. The summed E-state index contributed by atoms with van der Waals surface area (Å²) >= 11 is 6.16. The van der Waals surface area contributed by atoms with Gasteiger partial charge in [-0.1, -0.05) is 41.9 Å². The number of aromatic nitrogens is 4. The molecule has 0 saturated carbocycles. The third-order valence-electron chi connectivity index (χ3n) is 5.73. The van der Waals surface area contributed by atoms with Crippen LogP contribution >= 0.6 is 11.6 Å². The third-order valence-corrected chi connectivity index (χ3v) is 6.04. The van der Waals surface area contributed by atoms with Gasteiger partial charge < -0.3 is 14.9 Å². The maximum absolute atomic E-state index is 12.7. The fraction of sp³-hybridized carbons (Fsp3) is 0.111. The van der Waals surface area contributed by atoms with Crippen molar-refractivity contribution in [3.05, 3.63) is 129 Å². The van der Waals surface area contributed by atoms with Crippen LogP contribution in [0.4, 0.5) is 0 Å². The van der Waals surface area contributed by atoms with E-state index in [-0.39, 0.29) is 11.5 Å². The zero-order valence-electron chi connectivity index (χ0n) is 18.7. The molecule has 0 atom stereocenters. The van der Waals surface area contributed by atoms with Gasteiger partial charge in [0.15, 0.2) is 0 Å². The number of nitrogens with one attached hydrogen (secondary N) is 2. The van der Waals surface area contributed by atoms with Crippen molar-refractivity contribution in [2.75, 3.05) is 0 Å². The van der Waals surface area contributed by atoms with Gasteiger partial charge in [-0.3, -0.25) is 14.6 Å². The van der Waals surface area contributed by atoms with Gasteiger partial charge in [0.1, 0.15) is 5.65 Å². The number of halogens is 1. The zero-order valence-corrected chi connectivity index (χ0v) is 19.5. The standard InChI is InChI=1S/C27H22ClN5O2/c28-24-16-31-26-23(24)11-21(13-30-26)14-32-27(35)22-10-20(12-29-15-22)9-18-4-6-19(7-5-18)17-33-8-2-1-3-25(33)34/h1-8,10-13,15-16H,9,14,17H2,(H,30,31)(H,32,35). The van der Waals surface area contributed by atoms with Crippen molar-refractivity contribution in [1.29, 1.82) is 0 Å². The Morgan fingerprint density at radius 1 is 0.971 bits per heavy atom. The second-order valence-corrected chi connectivity index (χ2v) is 8.71. The summed E-state index contributed by atoms with van der Waals surface area (Å²) in [7, 11) is 0. The van der Waals surface area contributed by atoms with Gasteiger partial charge in [0.2, 0.25) is 0 Å². The van der Waals surface area contributed by atoms with Gasteiger partial charge in [-0.15, -0.1) is 0 Å². The van der Waals surface area contributed by atoms with Crippen molar-refractivity contribution in [1.82, 2.24) is 24.8 Å². The van der Waals surface area contributed by atoms with Crippen LogP contribution in [-0.4, -0.2) is 25.4 Å². The third kappa shape index (κ3) is 5.31. The number of rotatable bonds is 7. The number of nitrogens with zero attached hydrogens (tertiary/aromatic N) is 3. The molecule has 174 valence electrons. The highest BCUT2D eigenvalue weighted by atomic mass is 35.5. The number of aromatic amines is 1. The van der Waals surface area contributed by atoms with Gasteiger partial charge in [-0.2, -0.15) is 0 Å². The molecule has 0 aliphatic rings. The molecular weight excluding hydrogens is 462 g/mol. The highest BCUT2D eigenvalue weighted by molar-refractivity contribution is 6.35. The number of pyridine rings is 3. The number of hydrogen-bond acceptors (Lipinski definition) is 4. The molecule has 0 unspecified atom stereocenters. The predicted molar refractivity (Wildman–Crippen MR) is 136 cm³/mol. The first kappa shape index (κ1) is 22.6. The fourth-order valence-electron chi connectivity index (χ4n) is 3.89. The zero-order chi connectivity index (χ0) is 24.2. The first-order valence-corrected chi connectivity index (χ1v) is 11.5.